The number of halogens is 1. The van der Waals surface area contributed by atoms with Crippen LogP contribution >= 0.6 is 0 Å². The molecule has 1 saturated heterocycles. The molecule has 0 spiro atoms. The first-order chi connectivity index (χ1) is 18.5. The number of rotatable bonds is 4. The van der Waals surface area contributed by atoms with Crippen LogP contribution in [0.3, 0.4) is 0 Å². The predicted molar refractivity (Wildman–Crippen MR) is 139 cm³/mol. The molecule has 8 heteroatoms. The lowest BCUT2D eigenvalue weighted by atomic mass is 9.96. The van der Waals surface area contributed by atoms with Crippen LogP contribution < -0.4 is 9.47 Å². The number of benzene rings is 3. The Morgan fingerprint density at radius 1 is 1.08 bits per heavy atom. The van der Waals surface area contributed by atoms with Gasteiger partial charge in [-0.1, -0.05) is 18.2 Å². The van der Waals surface area contributed by atoms with Gasteiger partial charge in [-0.15, -0.1) is 0 Å². The molecule has 7 rings (SSSR count). The van der Waals surface area contributed by atoms with Crippen molar-refractivity contribution in [3.8, 4) is 34.1 Å². The molecule has 38 heavy (non-hydrogen) atoms. The van der Waals surface area contributed by atoms with Crippen molar-refractivity contribution in [1.29, 1.82) is 0 Å². The van der Waals surface area contributed by atoms with Crippen LogP contribution in [-0.4, -0.2) is 47.3 Å². The topological polar surface area (TPSA) is 85.0 Å². The highest BCUT2D eigenvalue weighted by molar-refractivity contribution is 5.82. The second kappa shape index (κ2) is 8.84. The average molecular weight is 515 g/mol. The Labute approximate surface area is 218 Å². The third kappa shape index (κ3) is 3.66. The van der Waals surface area contributed by atoms with Crippen molar-refractivity contribution >= 4 is 17.1 Å². The number of fused-ring (bicyclic) bond motifs is 3. The summed E-state index contributed by atoms with van der Waals surface area (Å²) in [6.07, 6.45) is 2.00. The zero-order valence-corrected chi connectivity index (χ0v) is 21.0. The van der Waals surface area contributed by atoms with Crippen LogP contribution in [0.4, 0.5) is 4.39 Å². The smallest absolute Gasteiger partial charge is 0.307 e. The molecule has 1 N–H and O–H groups in total. The summed E-state index contributed by atoms with van der Waals surface area (Å²) in [5.41, 5.74) is 5.99. The van der Waals surface area contributed by atoms with Gasteiger partial charge in [0.25, 0.3) is 0 Å². The number of aliphatic carboxylic acids is 1. The summed E-state index contributed by atoms with van der Waals surface area (Å²) in [6, 6.07) is 13.8. The largest absolute Gasteiger partial charge is 0.486 e. The SMILES string of the molecule is Cc1c(-c2ccc3c(c2)OCCO3)cccc1-c1nc2cc3c(c(F)c2o1)CC[C@H]3N1CC[C@@H](C(=O)O)C1. The molecule has 1 aliphatic carbocycles. The lowest BCUT2D eigenvalue weighted by Gasteiger charge is -2.24. The van der Waals surface area contributed by atoms with E-state index >= 15 is 4.39 Å². The van der Waals surface area contributed by atoms with E-state index in [4.69, 9.17) is 18.9 Å². The first-order valence-corrected chi connectivity index (χ1v) is 13.1. The lowest BCUT2D eigenvalue weighted by Crippen LogP contribution is -2.26. The molecule has 4 aromatic rings. The van der Waals surface area contributed by atoms with Gasteiger partial charge >= 0.3 is 5.97 Å². The van der Waals surface area contributed by atoms with Gasteiger partial charge in [-0.3, -0.25) is 9.69 Å². The third-order valence-electron chi connectivity index (χ3n) is 8.21. The second-order valence-electron chi connectivity index (χ2n) is 10.3. The van der Waals surface area contributed by atoms with Gasteiger partial charge in [-0.25, -0.2) is 9.37 Å². The third-order valence-corrected chi connectivity index (χ3v) is 8.21. The Morgan fingerprint density at radius 2 is 1.89 bits per heavy atom. The number of oxazole rings is 1. The van der Waals surface area contributed by atoms with Crippen molar-refractivity contribution in [3.63, 3.8) is 0 Å². The highest BCUT2D eigenvalue weighted by atomic mass is 19.1. The summed E-state index contributed by atoms with van der Waals surface area (Å²) < 4.78 is 33.2. The van der Waals surface area contributed by atoms with Crippen LogP contribution in [-0.2, 0) is 11.2 Å². The molecule has 7 nitrogen and oxygen atoms in total. The van der Waals surface area contributed by atoms with E-state index in [2.05, 4.69) is 4.90 Å². The quantitative estimate of drug-likeness (QED) is 0.370. The van der Waals surface area contributed by atoms with E-state index in [0.717, 1.165) is 45.7 Å². The van der Waals surface area contributed by atoms with E-state index in [1.54, 1.807) is 0 Å². The molecule has 2 atom stereocenters. The summed E-state index contributed by atoms with van der Waals surface area (Å²) >= 11 is 0. The number of carboxylic acids is 1. The second-order valence-corrected chi connectivity index (χ2v) is 10.3. The average Bonchev–Trinajstić information content (AvgIpc) is 3.67. The summed E-state index contributed by atoms with van der Waals surface area (Å²) in [5, 5.41) is 9.41. The summed E-state index contributed by atoms with van der Waals surface area (Å²) in [6.45, 7) is 4.27. The van der Waals surface area contributed by atoms with Gasteiger partial charge in [0.1, 0.15) is 18.7 Å². The first kappa shape index (κ1) is 23.2. The molecular formula is C30H27FN2O5. The highest BCUT2D eigenvalue weighted by Crippen LogP contribution is 2.43. The Hall–Kier alpha value is -3.91. The van der Waals surface area contributed by atoms with E-state index < -0.39 is 5.97 Å². The lowest BCUT2D eigenvalue weighted by molar-refractivity contribution is -0.141. The Bertz CT molecular complexity index is 1600. The van der Waals surface area contributed by atoms with Crippen LogP contribution in [0.5, 0.6) is 11.5 Å². The molecule has 1 fully saturated rings. The van der Waals surface area contributed by atoms with Gasteiger partial charge in [0.2, 0.25) is 5.89 Å². The zero-order chi connectivity index (χ0) is 26.0. The molecule has 0 unspecified atom stereocenters. The molecule has 0 bridgehead atoms. The Kier molecular flexibility index (Phi) is 5.40. The predicted octanol–water partition coefficient (Wildman–Crippen LogP) is 5.77. The number of hydrogen-bond donors (Lipinski definition) is 1. The maximum Gasteiger partial charge on any atom is 0.307 e. The van der Waals surface area contributed by atoms with E-state index in [9.17, 15) is 9.90 Å². The van der Waals surface area contributed by atoms with Gasteiger partial charge in [-0.05, 0) is 84.8 Å². The number of aromatic nitrogens is 1. The van der Waals surface area contributed by atoms with Crippen molar-refractivity contribution < 1.29 is 28.2 Å². The van der Waals surface area contributed by atoms with Crippen molar-refractivity contribution in [2.75, 3.05) is 26.3 Å². The first-order valence-electron chi connectivity index (χ1n) is 13.1. The Balaban J connectivity index is 1.25. The Morgan fingerprint density at radius 3 is 2.71 bits per heavy atom. The normalized spacial score (nSPS) is 20.7. The van der Waals surface area contributed by atoms with Gasteiger partial charge in [0, 0.05) is 18.2 Å². The summed E-state index contributed by atoms with van der Waals surface area (Å²) in [7, 11) is 0. The minimum atomic E-state index is -0.762. The van der Waals surface area contributed by atoms with Crippen LogP contribution in [0.1, 0.15) is 35.6 Å². The summed E-state index contributed by atoms with van der Waals surface area (Å²) in [4.78, 5) is 18.4. The monoisotopic (exact) mass is 514 g/mol. The van der Waals surface area contributed by atoms with E-state index in [-0.39, 0.29) is 23.4 Å². The van der Waals surface area contributed by atoms with E-state index in [0.29, 0.717) is 56.1 Å². The minimum absolute atomic E-state index is 0.00803. The molecule has 2 aliphatic heterocycles. The molecular weight excluding hydrogens is 487 g/mol. The van der Waals surface area contributed by atoms with E-state index in [1.165, 1.54) is 0 Å². The number of carboxylic acid groups (broad SMARTS) is 1. The number of nitrogens with zero attached hydrogens (tertiary/aromatic N) is 2. The maximum atomic E-state index is 15.7. The standard InChI is InChI=1S/C30H27FN2O5/c1-16-19(17-5-8-25-26(13-17)37-12-11-36-25)3-2-4-20(16)29-32-23-14-22-21(27(31)28(23)38-29)6-7-24(22)33-10-9-18(15-33)30(34)35/h2-5,8,13-14,18,24H,6-7,9-12,15H2,1H3,(H,34,35)/t18-,24-/m1/s1. The minimum Gasteiger partial charge on any atom is -0.486 e. The molecule has 0 amide bonds. The van der Waals surface area contributed by atoms with Gasteiger partial charge in [-0.2, -0.15) is 0 Å². The maximum absolute atomic E-state index is 15.7. The fourth-order valence-electron chi connectivity index (χ4n) is 6.23. The molecule has 3 aromatic carbocycles. The molecule has 194 valence electrons. The van der Waals surface area contributed by atoms with Crippen molar-refractivity contribution in [3.05, 3.63) is 65.0 Å². The fourth-order valence-corrected chi connectivity index (χ4v) is 6.23. The van der Waals surface area contributed by atoms with Gasteiger partial charge in [0.15, 0.2) is 22.9 Å². The fraction of sp³-hybridized carbons (Fsp3) is 0.333. The number of likely N-dealkylation sites (tertiary alicyclic amines) is 1. The molecule has 3 aliphatic rings. The van der Waals surface area contributed by atoms with Crippen molar-refractivity contribution in [2.24, 2.45) is 5.92 Å². The van der Waals surface area contributed by atoms with Crippen LogP contribution in [0.25, 0.3) is 33.7 Å². The molecule has 1 aromatic heterocycles. The molecule has 0 saturated carbocycles. The number of hydrogen-bond acceptors (Lipinski definition) is 6. The molecule has 3 heterocycles. The molecule has 0 radical (unpaired) electrons. The van der Waals surface area contributed by atoms with Crippen LogP contribution in [0.15, 0.2) is 46.9 Å². The van der Waals surface area contributed by atoms with Gasteiger partial charge < -0.3 is 19.0 Å². The van der Waals surface area contributed by atoms with Crippen LogP contribution in [0.2, 0.25) is 0 Å². The summed E-state index contributed by atoms with van der Waals surface area (Å²) in [5.74, 6) is 0.357. The number of carbonyl (C=O) groups is 1. The van der Waals surface area contributed by atoms with Gasteiger partial charge in [0.05, 0.1) is 5.92 Å². The van der Waals surface area contributed by atoms with E-state index in [1.807, 2.05) is 49.4 Å². The van der Waals surface area contributed by atoms with Crippen LogP contribution in [0, 0.1) is 18.7 Å². The number of ether oxygens (including phenoxy) is 2. The van der Waals surface area contributed by atoms with Crippen molar-refractivity contribution in [1.82, 2.24) is 9.88 Å². The highest BCUT2D eigenvalue weighted by Gasteiger charge is 2.37. The zero-order valence-electron chi connectivity index (χ0n) is 21.0. The van der Waals surface area contributed by atoms with Crippen molar-refractivity contribution in [2.45, 2.75) is 32.2 Å².